The van der Waals surface area contributed by atoms with Crippen LogP contribution >= 0.6 is 0 Å². The first-order chi connectivity index (χ1) is 18.8. The first kappa shape index (κ1) is 26.7. The zero-order valence-electron chi connectivity index (χ0n) is 21.7. The predicted molar refractivity (Wildman–Crippen MR) is 141 cm³/mol. The van der Waals surface area contributed by atoms with Crippen LogP contribution in [0, 0.1) is 5.82 Å². The number of rotatable bonds is 8. The van der Waals surface area contributed by atoms with Crippen LogP contribution in [-0.2, 0) is 32.0 Å². The number of fused-ring (bicyclic) bond motifs is 1. The number of nitrogens with zero attached hydrogens (tertiary/aromatic N) is 2. The maximum absolute atomic E-state index is 14.9. The molecule has 39 heavy (non-hydrogen) atoms. The summed E-state index contributed by atoms with van der Waals surface area (Å²) < 4.78 is 20.4. The largest absolute Gasteiger partial charge is 0.396 e. The van der Waals surface area contributed by atoms with Gasteiger partial charge < -0.3 is 20.1 Å². The molecule has 2 aliphatic rings. The zero-order valence-corrected chi connectivity index (χ0v) is 21.7. The van der Waals surface area contributed by atoms with Gasteiger partial charge in [0.05, 0.1) is 36.9 Å². The lowest BCUT2D eigenvalue weighted by Gasteiger charge is -2.33. The number of benzene rings is 2. The molecule has 10 heteroatoms. The van der Waals surface area contributed by atoms with Crippen LogP contribution in [0.25, 0.3) is 10.9 Å². The van der Waals surface area contributed by atoms with E-state index in [1.807, 2.05) is 18.2 Å². The number of H-pyrrole nitrogens is 1. The number of Topliss-reactive ketones (excluding diaryl/α,β-unsaturated/α-hetero) is 1. The fourth-order valence-corrected chi connectivity index (χ4v) is 5.35. The van der Waals surface area contributed by atoms with Crippen LogP contribution in [0.3, 0.4) is 0 Å². The molecule has 0 aliphatic carbocycles. The highest BCUT2D eigenvalue weighted by Gasteiger charge is 2.32. The monoisotopic (exact) mass is 534 g/mol. The normalized spacial score (nSPS) is 19.9. The van der Waals surface area contributed by atoms with Crippen molar-refractivity contribution in [2.24, 2.45) is 0 Å². The third-order valence-electron chi connectivity index (χ3n) is 7.34. The summed E-state index contributed by atoms with van der Waals surface area (Å²) in [6, 6.07) is 9.28. The molecule has 2 aromatic carbocycles. The van der Waals surface area contributed by atoms with E-state index in [1.165, 1.54) is 6.07 Å². The molecule has 1 aromatic heterocycles. The van der Waals surface area contributed by atoms with E-state index in [0.717, 1.165) is 16.5 Å². The van der Waals surface area contributed by atoms with Gasteiger partial charge in [0.1, 0.15) is 5.82 Å². The molecule has 2 aliphatic heterocycles. The van der Waals surface area contributed by atoms with Crippen molar-refractivity contribution in [3.8, 4) is 0 Å². The van der Waals surface area contributed by atoms with Crippen molar-refractivity contribution < 1.29 is 28.6 Å². The van der Waals surface area contributed by atoms with E-state index in [9.17, 15) is 23.9 Å². The lowest BCUT2D eigenvalue weighted by Crippen LogP contribution is -2.46. The van der Waals surface area contributed by atoms with Gasteiger partial charge >= 0.3 is 0 Å². The van der Waals surface area contributed by atoms with Crippen molar-refractivity contribution in [3.05, 3.63) is 76.2 Å². The number of morpholine rings is 1. The van der Waals surface area contributed by atoms with Crippen molar-refractivity contribution in [2.75, 3.05) is 26.3 Å². The topological polar surface area (TPSA) is 125 Å². The number of carbonyl (C=O) groups excluding carboxylic acids is 3. The van der Waals surface area contributed by atoms with E-state index in [2.05, 4.69) is 15.5 Å². The SMILES string of the molecule is CC1=C(C(=O)Cc2ccc3[nH]ncc3c2)C(c2ccc(F)c(CC(=O)N3CCOC(CCO)C3)c2)NC(=O)C1. The number of aliphatic hydroxyl groups excluding tert-OH is 1. The summed E-state index contributed by atoms with van der Waals surface area (Å²) in [4.78, 5) is 40.7. The number of halogens is 1. The van der Waals surface area contributed by atoms with Gasteiger partial charge in [0, 0.05) is 43.5 Å². The van der Waals surface area contributed by atoms with E-state index in [4.69, 9.17) is 4.74 Å². The molecule has 0 saturated carbocycles. The number of aromatic nitrogens is 2. The van der Waals surface area contributed by atoms with Crippen LogP contribution in [-0.4, -0.2) is 70.2 Å². The van der Waals surface area contributed by atoms with Gasteiger partial charge in [-0.25, -0.2) is 4.39 Å². The van der Waals surface area contributed by atoms with Crippen LogP contribution < -0.4 is 5.32 Å². The predicted octanol–water partition coefficient (Wildman–Crippen LogP) is 2.54. The smallest absolute Gasteiger partial charge is 0.227 e. The molecule has 2 amide bonds. The summed E-state index contributed by atoms with van der Waals surface area (Å²) in [5.74, 6) is -1.14. The average molecular weight is 535 g/mol. The fourth-order valence-electron chi connectivity index (χ4n) is 5.35. The van der Waals surface area contributed by atoms with E-state index in [1.54, 1.807) is 30.2 Å². The minimum absolute atomic E-state index is 0.0393. The van der Waals surface area contributed by atoms with E-state index in [0.29, 0.717) is 42.8 Å². The Labute approximate surface area is 225 Å². The lowest BCUT2D eigenvalue weighted by atomic mass is 9.85. The van der Waals surface area contributed by atoms with Gasteiger partial charge in [-0.1, -0.05) is 17.7 Å². The second-order valence-electron chi connectivity index (χ2n) is 10.1. The third kappa shape index (κ3) is 5.91. The van der Waals surface area contributed by atoms with Crippen LogP contribution in [0.2, 0.25) is 0 Å². The summed E-state index contributed by atoms with van der Waals surface area (Å²) >= 11 is 0. The lowest BCUT2D eigenvalue weighted by molar-refractivity contribution is -0.138. The van der Waals surface area contributed by atoms with Crippen LogP contribution in [0.5, 0.6) is 0 Å². The first-order valence-electron chi connectivity index (χ1n) is 13.0. The number of aromatic amines is 1. The van der Waals surface area contributed by atoms with Gasteiger partial charge in [-0.05, 0) is 54.3 Å². The Morgan fingerprint density at radius 1 is 1.21 bits per heavy atom. The molecule has 5 rings (SSSR count). The van der Waals surface area contributed by atoms with Gasteiger partial charge in [-0.2, -0.15) is 5.10 Å². The Morgan fingerprint density at radius 3 is 2.87 bits per heavy atom. The highest BCUT2D eigenvalue weighted by molar-refractivity contribution is 6.02. The summed E-state index contributed by atoms with van der Waals surface area (Å²) in [5.41, 5.74) is 3.57. The molecule has 9 nitrogen and oxygen atoms in total. The Morgan fingerprint density at radius 2 is 2.05 bits per heavy atom. The molecule has 1 saturated heterocycles. The van der Waals surface area contributed by atoms with Crippen LogP contribution in [0.15, 0.2) is 53.7 Å². The molecule has 2 atom stereocenters. The van der Waals surface area contributed by atoms with Crippen molar-refractivity contribution in [2.45, 2.75) is 44.8 Å². The van der Waals surface area contributed by atoms with Gasteiger partial charge in [-0.3, -0.25) is 19.5 Å². The molecule has 0 bridgehead atoms. The average Bonchev–Trinajstić information content (AvgIpc) is 3.38. The number of ketones is 1. The van der Waals surface area contributed by atoms with Crippen molar-refractivity contribution in [1.82, 2.24) is 20.4 Å². The maximum Gasteiger partial charge on any atom is 0.227 e. The summed E-state index contributed by atoms with van der Waals surface area (Å²) in [6.45, 7) is 2.82. The van der Waals surface area contributed by atoms with E-state index in [-0.39, 0.29) is 55.1 Å². The van der Waals surface area contributed by atoms with Crippen LogP contribution in [0.4, 0.5) is 4.39 Å². The molecule has 204 valence electrons. The molecule has 3 aromatic rings. The first-order valence-corrected chi connectivity index (χ1v) is 13.0. The van der Waals surface area contributed by atoms with Crippen molar-refractivity contribution >= 4 is 28.5 Å². The van der Waals surface area contributed by atoms with E-state index >= 15 is 0 Å². The molecule has 1 fully saturated rings. The Kier molecular flexibility index (Phi) is 7.85. The van der Waals surface area contributed by atoms with Crippen molar-refractivity contribution in [3.63, 3.8) is 0 Å². The highest BCUT2D eigenvalue weighted by atomic mass is 19.1. The molecule has 3 N–H and O–H groups in total. The standard InChI is InChI=1S/C29H31FN4O5/c1-17-10-26(37)32-29(28(17)25(36)12-18-2-5-24-21(11-18)15-31-33-24)19-3-4-23(30)20(13-19)14-27(38)34-7-9-39-22(16-34)6-8-35/h2-5,11,13,15,22,29,35H,6-10,12,14,16H2,1H3,(H,31,33)(H,32,37). The number of hydrogen-bond acceptors (Lipinski definition) is 6. The number of ether oxygens (including phenoxy) is 1. The number of carbonyl (C=O) groups is 3. The number of aliphatic hydroxyl groups is 1. The second kappa shape index (κ2) is 11.5. The maximum atomic E-state index is 14.9. The Bertz CT molecular complexity index is 1450. The molecular formula is C29H31FN4O5. The summed E-state index contributed by atoms with van der Waals surface area (Å²) in [7, 11) is 0. The molecule has 0 spiro atoms. The fraction of sp³-hybridized carbons (Fsp3) is 0.379. The Balaban J connectivity index is 1.37. The number of hydrogen-bond donors (Lipinski definition) is 3. The van der Waals surface area contributed by atoms with Crippen molar-refractivity contribution in [1.29, 1.82) is 0 Å². The quantitative estimate of drug-likeness (QED) is 0.408. The summed E-state index contributed by atoms with van der Waals surface area (Å²) in [5, 5.41) is 19.9. The third-order valence-corrected chi connectivity index (χ3v) is 7.34. The zero-order chi connectivity index (χ0) is 27.5. The van der Waals surface area contributed by atoms with Gasteiger partial charge in [0.15, 0.2) is 5.78 Å². The second-order valence-corrected chi connectivity index (χ2v) is 10.1. The van der Waals surface area contributed by atoms with Gasteiger partial charge in [0.25, 0.3) is 0 Å². The minimum atomic E-state index is -0.747. The molecule has 0 radical (unpaired) electrons. The Hall–Kier alpha value is -3.89. The van der Waals surface area contributed by atoms with E-state index < -0.39 is 11.9 Å². The molecule has 2 unspecified atom stereocenters. The summed E-state index contributed by atoms with van der Waals surface area (Å²) in [6.07, 6.45) is 1.95. The molecule has 3 heterocycles. The van der Waals surface area contributed by atoms with Gasteiger partial charge in [-0.15, -0.1) is 0 Å². The number of amides is 2. The minimum Gasteiger partial charge on any atom is -0.396 e. The van der Waals surface area contributed by atoms with Gasteiger partial charge in [0.2, 0.25) is 11.8 Å². The molecular weight excluding hydrogens is 503 g/mol. The highest BCUT2D eigenvalue weighted by Crippen LogP contribution is 2.32. The van der Waals surface area contributed by atoms with Crippen LogP contribution in [0.1, 0.15) is 42.5 Å². The number of nitrogens with one attached hydrogen (secondary N) is 2.